The van der Waals surface area contributed by atoms with E-state index in [-0.39, 0.29) is 0 Å². The Hall–Kier alpha value is -0.963. The standard InChI is InChI=1S/C11H19NOSi/c1-8-6-10(12)7-11(9(8)2)13-14(3,4)5/h6-7H,12H2,1-5H3. The lowest BCUT2D eigenvalue weighted by atomic mass is 10.1. The van der Waals surface area contributed by atoms with Gasteiger partial charge in [-0.1, -0.05) is 0 Å². The Morgan fingerprint density at radius 3 is 2.21 bits per heavy atom. The molecular formula is C11H19NOSi. The van der Waals surface area contributed by atoms with Gasteiger partial charge in [0.1, 0.15) is 5.75 Å². The van der Waals surface area contributed by atoms with Crippen LogP contribution >= 0.6 is 0 Å². The first-order valence-electron chi connectivity index (χ1n) is 4.85. The lowest BCUT2D eigenvalue weighted by molar-refractivity contribution is 0.552. The van der Waals surface area contributed by atoms with Gasteiger partial charge in [0.25, 0.3) is 0 Å². The Morgan fingerprint density at radius 1 is 1.14 bits per heavy atom. The van der Waals surface area contributed by atoms with Crippen LogP contribution in [0.25, 0.3) is 0 Å². The van der Waals surface area contributed by atoms with E-state index in [4.69, 9.17) is 10.2 Å². The maximum absolute atomic E-state index is 5.95. The van der Waals surface area contributed by atoms with E-state index in [1.165, 1.54) is 11.1 Å². The van der Waals surface area contributed by atoms with Crippen LogP contribution in [-0.4, -0.2) is 8.32 Å². The van der Waals surface area contributed by atoms with Crippen LogP contribution in [0.1, 0.15) is 11.1 Å². The van der Waals surface area contributed by atoms with Gasteiger partial charge in [0.2, 0.25) is 8.32 Å². The molecule has 0 aliphatic heterocycles. The Bertz CT molecular complexity index is 342. The summed E-state index contributed by atoms with van der Waals surface area (Å²) in [4.78, 5) is 0. The van der Waals surface area contributed by atoms with Crippen LogP contribution in [-0.2, 0) is 0 Å². The van der Waals surface area contributed by atoms with E-state index < -0.39 is 8.32 Å². The SMILES string of the molecule is Cc1cc(N)cc(O[Si](C)(C)C)c1C. The fourth-order valence-corrected chi connectivity index (χ4v) is 2.16. The summed E-state index contributed by atoms with van der Waals surface area (Å²) in [5.74, 6) is 0.946. The highest BCUT2D eigenvalue weighted by Gasteiger charge is 2.18. The molecule has 0 unspecified atom stereocenters. The van der Waals surface area contributed by atoms with Gasteiger partial charge in [-0.2, -0.15) is 0 Å². The van der Waals surface area contributed by atoms with Gasteiger partial charge >= 0.3 is 0 Å². The van der Waals surface area contributed by atoms with Crippen molar-refractivity contribution in [2.45, 2.75) is 33.5 Å². The third kappa shape index (κ3) is 2.77. The van der Waals surface area contributed by atoms with E-state index in [2.05, 4.69) is 33.5 Å². The van der Waals surface area contributed by atoms with Gasteiger partial charge in [-0.15, -0.1) is 0 Å². The van der Waals surface area contributed by atoms with E-state index >= 15 is 0 Å². The molecule has 0 atom stereocenters. The number of hydrogen-bond donors (Lipinski definition) is 1. The summed E-state index contributed by atoms with van der Waals surface area (Å²) in [5, 5.41) is 0. The second-order valence-electron chi connectivity index (χ2n) is 4.68. The molecule has 0 amide bonds. The van der Waals surface area contributed by atoms with Crippen molar-refractivity contribution < 1.29 is 4.43 Å². The molecule has 1 aromatic carbocycles. The zero-order valence-electron chi connectivity index (χ0n) is 9.64. The summed E-state index contributed by atoms with van der Waals surface area (Å²) in [7, 11) is -1.53. The number of rotatable bonds is 2. The van der Waals surface area contributed by atoms with E-state index in [0.717, 1.165) is 11.4 Å². The molecule has 0 heterocycles. The molecule has 1 aromatic rings. The quantitative estimate of drug-likeness (QED) is 0.600. The van der Waals surface area contributed by atoms with Crippen molar-refractivity contribution in [1.82, 2.24) is 0 Å². The van der Waals surface area contributed by atoms with E-state index in [0.29, 0.717) is 0 Å². The summed E-state index contributed by atoms with van der Waals surface area (Å²) in [6, 6.07) is 3.90. The molecule has 0 radical (unpaired) electrons. The normalized spacial score (nSPS) is 11.5. The maximum atomic E-state index is 5.95. The maximum Gasteiger partial charge on any atom is 0.242 e. The monoisotopic (exact) mass is 209 g/mol. The molecule has 0 aliphatic carbocycles. The predicted molar refractivity (Wildman–Crippen MR) is 64.3 cm³/mol. The number of nitrogen functional groups attached to an aromatic ring is 1. The van der Waals surface area contributed by atoms with Gasteiger partial charge in [0.15, 0.2) is 0 Å². The van der Waals surface area contributed by atoms with Crippen molar-refractivity contribution >= 4 is 14.0 Å². The molecule has 0 spiro atoms. The lowest BCUT2D eigenvalue weighted by Gasteiger charge is -2.22. The topological polar surface area (TPSA) is 35.2 Å². The first kappa shape index (κ1) is 11.1. The van der Waals surface area contributed by atoms with Crippen LogP contribution in [0.3, 0.4) is 0 Å². The van der Waals surface area contributed by atoms with Crippen molar-refractivity contribution in [3.63, 3.8) is 0 Å². The highest BCUT2D eigenvalue weighted by atomic mass is 28.4. The van der Waals surface area contributed by atoms with Crippen LogP contribution in [0, 0.1) is 13.8 Å². The van der Waals surface area contributed by atoms with Crippen molar-refractivity contribution in [3.05, 3.63) is 23.3 Å². The number of nitrogens with two attached hydrogens (primary N) is 1. The Morgan fingerprint density at radius 2 is 1.71 bits per heavy atom. The van der Waals surface area contributed by atoms with Gasteiger partial charge in [0.05, 0.1) is 0 Å². The zero-order chi connectivity index (χ0) is 10.9. The van der Waals surface area contributed by atoms with Crippen molar-refractivity contribution in [2.75, 3.05) is 5.73 Å². The average Bonchev–Trinajstić information content (AvgIpc) is 1.96. The van der Waals surface area contributed by atoms with Crippen molar-refractivity contribution in [3.8, 4) is 5.75 Å². The van der Waals surface area contributed by atoms with Crippen LogP contribution in [0.15, 0.2) is 12.1 Å². The molecule has 3 heteroatoms. The molecule has 14 heavy (non-hydrogen) atoms. The van der Waals surface area contributed by atoms with Crippen LogP contribution in [0.2, 0.25) is 19.6 Å². The smallest absolute Gasteiger partial charge is 0.242 e. The number of hydrogen-bond acceptors (Lipinski definition) is 2. The lowest BCUT2D eigenvalue weighted by Crippen LogP contribution is -2.29. The number of aryl methyl sites for hydroxylation is 1. The van der Waals surface area contributed by atoms with Crippen LogP contribution < -0.4 is 10.2 Å². The van der Waals surface area contributed by atoms with E-state index in [9.17, 15) is 0 Å². The Kier molecular flexibility index (Phi) is 2.90. The van der Waals surface area contributed by atoms with Crippen molar-refractivity contribution in [1.29, 1.82) is 0 Å². The Balaban J connectivity index is 3.09. The minimum absolute atomic E-state index is 0.779. The minimum Gasteiger partial charge on any atom is -0.544 e. The fraction of sp³-hybridized carbons (Fsp3) is 0.455. The van der Waals surface area contributed by atoms with Crippen LogP contribution in [0.4, 0.5) is 5.69 Å². The molecule has 2 N–H and O–H groups in total. The van der Waals surface area contributed by atoms with E-state index in [1.54, 1.807) is 0 Å². The summed E-state index contributed by atoms with van der Waals surface area (Å²) in [5.41, 5.74) is 8.95. The first-order chi connectivity index (χ1) is 6.29. The van der Waals surface area contributed by atoms with Crippen molar-refractivity contribution in [2.24, 2.45) is 0 Å². The molecule has 0 saturated heterocycles. The molecular weight excluding hydrogens is 190 g/mol. The third-order valence-corrected chi connectivity index (χ3v) is 2.89. The predicted octanol–water partition coefficient (Wildman–Crippen LogP) is 3.10. The molecule has 2 nitrogen and oxygen atoms in total. The van der Waals surface area contributed by atoms with Gasteiger partial charge < -0.3 is 10.2 Å². The van der Waals surface area contributed by atoms with Crippen LogP contribution in [0.5, 0.6) is 5.75 Å². The summed E-state index contributed by atoms with van der Waals surface area (Å²) >= 11 is 0. The second kappa shape index (κ2) is 3.65. The summed E-state index contributed by atoms with van der Waals surface area (Å²) in [6.45, 7) is 10.6. The zero-order valence-corrected chi connectivity index (χ0v) is 10.6. The van der Waals surface area contributed by atoms with Gasteiger partial charge in [-0.05, 0) is 50.7 Å². The van der Waals surface area contributed by atoms with Gasteiger partial charge in [-0.3, -0.25) is 0 Å². The molecule has 0 aromatic heterocycles. The van der Waals surface area contributed by atoms with E-state index in [1.807, 2.05) is 12.1 Å². The van der Waals surface area contributed by atoms with Gasteiger partial charge in [0, 0.05) is 11.8 Å². The Labute approximate surface area is 87.2 Å². The molecule has 78 valence electrons. The van der Waals surface area contributed by atoms with Gasteiger partial charge in [-0.25, -0.2) is 0 Å². The first-order valence-corrected chi connectivity index (χ1v) is 8.26. The average molecular weight is 209 g/mol. The largest absolute Gasteiger partial charge is 0.544 e. The fourth-order valence-electron chi connectivity index (χ4n) is 1.29. The molecule has 0 bridgehead atoms. The minimum atomic E-state index is -1.53. The molecule has 1 rings (SSSR count). The molecule has 0 saturated carbocycles. The highest BCUT2D eigenvalue weighted by molar-refractivity contribution is 6.70. The molecule has 0 aliphatic rings. The number of anilines is 1. The third-order valence-electron chi connectivity index (χ3n) is 2.06. The number of benzene rings is 1. The highest BCUT2D eigenvalue weighted by Crippen LogP contribution is 2.27. The summed E-state index contributed by atoms with van der Waals surface area (Å²) in [6.07, 6.45) is 0. The molecule has 0 fully saturated rings. The second-order valence-corrected chi connectivity index (χ2v) is 9.10. The summed E-state index contributed by atoms with van der Waals surface area (Å²) < 4.78 is 5.95.